The number of halogens is 3. The predicted molar refractivity (Wildman–Crippen MR) is 60.4 cm³/mol. The summed E-state index contributed by atoms with van der Waals surface area (Å²) in [6, 6.07) is 0. The minimum atomic E-state index is -4.89. The zero-order valence-electron chi connectivity index (χ0n) is 10.9. The summed E-state index contributed by atoms with van der Waals surface area (Å²) in [7, 11) is 0. The molecule has 7 heteroatoms. The van der Waals surface area contributed by atoms with E-state index in [-0.39, 0.29) is 62.7 Å². The van der Waals surface area contributed by atoms with Crippen LogP contribution in [0.4, 0.5) is 12.9 Å². The van der Waals surface area contributed by atoms with E-state index in [1.54, 1.807) is 0 Å². The minimum absolute atomic E-state index is 0. The molecule has 98 valence electrons. The Morgan fingerprint density at radius 1 is 1.11 bits per heavy atom. The van der Waals surface area contributed by atoms with Crippen LogP contribution in [0.5, 0.6) is 0 Å². The molecule has 1 saturated heterocycles. The fourth-order valence-corrected chi connectivity index (χ4v) is 3.19. The monoisotopic (exact) mass is 287 g/mol. The Morgan fingerprint density at radius 2 is 1.72 bits per heavy atom. The molecule has 0 aromatic carbocycles. The molecule has 1 heterocycles. The van der Waals surface area contributed by atoms with E-state index in [0.29, 0.717) is 13.0 Å². The zero-order chi connectivity index (χ0) is 12.5. The molecule has 0 aromatic heterocycles. The molecule has 0 bridgehead atoms. The molecule has 0 unspecified atom stereocenters. The summed E-state index contributed by atoms with van der Waals surface area (Å²) in [5, 5.41) is 0. The molecule has 2 fully saturated rings. The smallest absolute Gasteiger partial charge is 0.448 e. The Kier molecular flexibility index (Phi) is 6.25. The van der Waals surface area contributed by atoms with Crippen LogP contribution in [0.15, 0.2) is 0 Å². The van der Waals surface area contributed by atoms with Gasteiger partial charge < -0.3 is 17.8 Å². The van der Waals surface area contributed by atoms with Gasteiger partial charge >= 0.3 is 58.4 Å². The van der Waals surface area contributed by atoms with Gasteiger partial charge in [0.05, 0.1) is 0 Å². The van der Waals surface area contributed by atoms with Crippen LogP contribution in [-0.4, -0.2) is 30.8 Å². The summed E-state index contributed by atoms with van der Waals surface area (Å²) >= 11 is 0. The normalized spacial score (nSPS) is 23.9. The Balaban J connectivity index is 0.00000162. The first-order valence-corrected chi connectivity index (χ1v) is 6.39. The Morgan fingerprint density at radius 3 is 2.22 bits per heavy atom. The van der Waals surface area contributed by atoms with E-state index in [1.807, 2.05) is 0 Å². The number of carbonyl (C=O) groups excluding carboxylic acids is 1. The number of likely N-dealkylation sites (tertiary alicyclic amines) is 1. The molecule has 1 saturated carbocycles. The number of amides is 1. The SMILES string of the molecule is O=C1CC2(CCCCC2)CCN1C[B-](F)(F)F.[K+]. The van der Waals surface area contributed by atoms with Gasteiger partial charge in [-0.15, -0.1) is 0 Å². The summed E-state index contributed by atoms with van der Waals surface area (Å²) in [5.74, 6) is -0.294. The summed E-state index contributed by atoms with van der Waals surface area (Å²) < 4.78 is 36.9. The topological polar surface area (TPSA) is 20.3 Å². The fraction of sp³-hybridized carbons (Fsp3) is 0.909. The van der Waals surface area contributed by atoms with Crippen LogP contribution in [0.3, 0.4) is 0 Å². The summed E-state index contributed by atoms with van der Waals surface area (Å²) in [4.78, 5) is 12.8. The number of piperidine rings is 1. The van der Waals surface area contributed by atoms with E-state index < -0.39 is 13.4 Å². The van der Waals surface area contributed by atoms with Crippen molar-refractivity contribution in [3.63, 3.8) is 0 Å². The average Bonchev–Trinajstić information content (AvgIpc) is 2.22. The van der Waals surface area contributed by atoms with Crippen LogP contribution in [-0.2, 0) is 4.79 Å². The van der Waals surface area contributed by atoms with E-state index in [0.717, 1.165) is 37.0 Å². The van der Waals surface area contributed by atoms with Gasteiger partial charge in [0.25, 0.3) is 0 Å². The van der Waals surface area contributed by atoms with Crippen molar-refractivity contribution >= 4 is 12.9 Å². The maximum Gasteiger partial charge on any atom is 1.00 e. The number of carbonyl (C=O) groups is 1. The molecule has 1 amide bonds. The second-order valence-electron chi connectivity index (χ2n) is 5.54. The standard InChI is InChI=1S/C11H18BF3NO.K/c13-12(14,15)9-16-7-6-11(8-10(16)17)4-2-1-3-5-11;/h1-9H2;/q-1;+1. The maximum atomic E-state index is 12.3. The number of hydrogen-bond donors (Lipinski definition) is 0. The molecule has 1 spiro atoms. The van der Waals surface area contributed by atoms with E-state index in [4.69, 9.17) is 0 Å². The van der Waals surface area contributed by atoms with Crippen LogP contribution in [0.2, 0.25) is 0 Å². The van der Waals surface area contributed by atoms with E-state index in [2.05, 4.69) is 0 Å². The second-order valence-corrected chi connectivity index (χ2v) is 5.54. The van der Waals surface area contributed by atoms with Crippen molar-refractivity contribution in [3.05, 3.63) is 0 Å². The Labute approximate surface area is 149 Å². The molecule has 2 rings (SSSR count). The van der Waals surface area contributed by atoms with Crippen molar-refractivity contribution in [2.45, 2.75) is 44.9 Å². The van der Waals surface area contributed by atoms with Crippen molar-refractivity contribution in [2.75, 3.05) is 13.0 Å². The third kappa shape index (κ3) is 4.51. The van der Waals surface area contributed by atoms with Gasteiger partial charge in [-0.1, -0.05) is 19.3 Å². The van der Waals surface area contributed by atoms with E-state index in [1.165, 1.54) is 6.42 Å². The van der Waals surface area contributed by atoms with Crippen LogP contribution in [0.1, 0.15) is 44.9 Å². The van der Waals surface area contributed by atoms with E-state index in [9.17, 15) is 17.7 Å². The third-order valence-corrected chi connectivity index (χ3v) is 4.13. The van der Waals surface area contributed by atoms with Crippen molar-refractivity contribution in [3.8, 4) is 0 Å². The number of hydrogen-bond acceptors (Lipinski definition) is 1. The average molecular weight is 287 g/mol. The van der Waals surface area contributed by atoms with Gasteiger partial charge in [-0.2, -0.15) is 0 Å². The van der Waals surface area contributed by atoms with Gasteiger partial charge in [0.1, 0.15) is 0 Å². The minimum Gasteiger partial charge on any atom is -0.448 e. The van der Waals surface area contributed by atoms with Crippen molar-refractivity contribution in [2.24, 2.45) is 5.41 Å². The molecular formula is C11H18BF3KNO. The van der Waals surface area contributed by atoms with Crippen molar-refractivity contribution < 1.29 is 69.1 Å². The predicted octanol–water partition coefficient (Wildman–Crippen LogP) is -0.0501. The van der Waals surface area contributed by atoms with Gasteiger partial charge in [0.15, 0.2) is 0 Å². The Hall–Kier alpha value is 0.961. The number of rotatable bonds is 2. The maximum absolute atomic E-state index is 12.3. The van der Waals surface area contributed by atoms with Crippen LogP contribution in [0, 0.1) is 5.41 Å². The summed E-state index contributed by atoms with van der Waals surface area (Å²) in [6.07, 6.45) is 5.55. The molecule has 2 aliphatic rings. The van der Waals surface area contributed by atoms with Gasteiger partial charge in [-0.05, 0) is 31.1 Å². The zero-order valence-corrected chi connectivity index (χ0v) is 14.1. The van der Waals surface area contributed by atoms with Crippen molar-refractivity contribution in [1.29, 1.82) is 0 Å². The van der Waals surface area contributed by atoms with Crippen LogP contribution in [0.25, 0.3) is 0 Å². The Bertz CT molecular complexity index is 305. The van der Waals surface area contributed by atoms with Gasteiger partial charge in [0, 0.05) is 13.0 Å². The molecule has 1 aliphatic carbocycles. The summed E-state index contributed by atoms with van der Waals surface area (Å²) in [6.45, 7) is -4.60. The molecule has 0 atom stereocenters. The van der Waals surface area contributed by atoms with Crippen LogP contribution >= 0.6 is 0 Å². The third-order valence-electron chi connectivity index (χ3n) is 4.13. The van der Waals surface area contributed by atoms with Crippen molar-refractivity contribution in [1.82, 2.24) is 4.90 Å². The molecule has 0 aromatic rings. The second kappa shape index (κ2) is 6.61. The largest absolute Gasteiger partial charge is 1.00 e. The van der Waals surface area contributed by atoms with E-state index >= 15 is 0 Å². The van der Waals surface area contributed by atoms with Gasteiger partial charge in [0.2, 0.25) is 5.91 Å². The quantitative estimate of drug-likeness (QED) is 0.652. The molecule has 1 aliphatic heterocycles. The molecule has 0 N–H and O–H groups in total. The fourth-order valence-electron chi connectivity index (χ4n) is 3.19. The molecule has 18 heavy (non-hydrogen) atoms. The van der Waals surface area contributed by atoms with Crippen LogP contribution < -0.4 is 51.4 Å². The van der Waals surface area contributed by atoms with Gasteiger partial charge in [-0.25, -0.2) is 0 Å². The summed E-state index contributed by atoms with van der Waals surface area (Å²) in [5.41, 5.74) is 0.0322. The van der Waals surface area contributed by atoms with Gasteiger partial charge in [-0.3, -0.25) is 4.79 Å². The molecule has 0 radical (unpaired) electrons. The molecular weight excluding hydrogens is 269 g/mol. The first-order chi connectivity index (χ1) is 7.90. The first kappa shape index (κ1) is 17.0. The molecule has 2 nitrogen and oxygen atoms in total. The number of nitrogens with zero attached hydrogens (tertiary/aromatic N) is 1. The first-order valence-electron chi connectivity index (χ1n) is 6.39.